The number of amides is 1. The molecule has 0 saturated carbocycles. The lowest BCUT2D eigenvalue weighted by Gasteiger charge is -2.33. The van der Waals surface area contributed by atoms with Crippen LogP contribution < -0.4 is 10.1 Å². The second-order valence-electron chi connectivity index (χ2n) is 6.11. The Bertz CT molecular complexity index is 783. The Balaban J connectivity index is 1.76. The van der Waals surface area contributed by atoms with E-state index < -0.39 is 17.7 Å². The molecule has 1 amide bonds. The van der Waals surface area contributed by atoms with Gasteiger partial charge in [0.1, 0.15) is 6.04 Å². The first-order valence-electron chi connectivity index (χ1n) is 8.62. The van der Waals surface area contributed by atoms with Gasteiger partial charge in [-0.3, -0.25) is 14.7 Å². The number of nitrogens with one attached hydrogen (secondary N) is 1. The minimum absolute atomic E-state index is 0.0496. The fraction of sp³-hybridized carbons (Fsp3) is 0.368. The Morgan fingerprint density at radius 2 is 2.07 bits per heavy atom. The van der Waals surface area contributed by atoms with Gasteiger partial charge in [0.05, 0.1) is 20.3 Å². The lowest BCUT2D eigenvalue weighted by molar-refractivity contribution is -0.128. The molecule has 8 heteroatoms. The van der Waals surface area contributed by atoms with E-state index in [0.717, 1.165) is 5.56 Å². The van der Waals surface area contributed by atoms with E-state index >= 15 is 0 Å². The molecule has 0 unspecified atom stereocenters. The van der Waals surface area contributed by atoms with Crippen LogP contribution in [0.4, 0.5) is 8.78 Å². The number of carbonyl (C=O) groups is 1. The maximum absolute atomic E-state index is 14.1. The highest BCUT2D eigenvalue weighted by Crippen LogP contribution is 2.24. The summed E-state index contributed by atoms with van der Waals surface area (Å²) in [5.41, 5.74) is 0.784. The molecule has 1 atom stereocenters. The molecule has 1 aromatic heterocycles. The van der Waals surface area contributed by atoms with Crippen molar-refractivity contribution < 1.29 is 23.0 Å². The van der Waals surface area contributed by atoms with E-state index in [-0.39, 0.29) is 23.8 Å². The van der Waals surface area contributed by atoms with Crippen molar-refractivity contribution in [3.8, 4) is 5.75 Å². The van der Waals surface area contributed by atoms with Crippen molar-refractivity contribution in [2.45, 2.75) is 12.6 Å². The fourth-order valence-corrected chi connectivity index (χ4v) is 3.05. The lowest BCUT2D eigenvalue weighted by Crippen LogP contribution is -2.45. The van der Waals surface area contributed by atoms with E-state index in [4.69, 9.17) is 9.47 Å². The largest absolute Gasteiger partial charge is 0.494 e. The molecular formula is C19H21F2N3O3. The number of rotatable bonds is 6. The summed E-state index contributed by atoms with van der Waals surface area (Å²) in [6.07, 6.45) is 3.26. The van der Waals surface area contributed by atoms with Gasteiger partial charge in [0.25, 0.3) is 0 Å². The molecule has 0 aliphatic carbocycles. The van der Waals surface area contributed by atoms with Gasteiger partial charge in [0.2, 0.25) is 11.7 Å². The number of benzene rings is 1. The third-order valence-electron chi connectivity index (χ3n) is 4.46. The molecular weight excluding hydrogens is 356 g/mol. The van der Waals surface area contributed by atoms with Crippen molar-refractivity contribution in [3.63, 3.8) is 0 Å². The second-order valence-corrected chi connectivity index (χ2v) is 6.11. The van der Waals surface area contributed by atoms with Gasteiger partial charge in [0, 0.05) is 37.6 Å². The summed E-state index contributed by atoms with van der Waals surface area (Å²) in [7, 11) is 1.26. The van der Waals surface area contributed by atoms with Crippen LogP contribution in [0.3, 0.4) is 0 Å². The highest BCUT2D eigenvalue weighted by atomic mass is 19.2. The number of nitrogens with zero attached hydrogens (tertiary/aromatic N) is 2. The molecule has 3 rings (SSSR count). The summed E-state index contributed by atoms with van der Waals surface area (Å²) in [5.74, 6) is -2.58. The third-order valence-corrected chi connectivity index (χ3v) is 4.46. The van der Waals surface area contributed by atoms with Crippen molar-refractivity contribution in [2.24, 2.45) is 0 Å². The van der Waals surface area contributed by atoms with E-state index in [1.807, 2.05) is 11.0 Å². The normalized spacial score (nSPS) is 16.0. The number of pyridine rings is 1. The number of hydrogen-bond acceptors (Lipinski definition) is 5. The molecule has 6 nitrogen and oxygen atoms in total. The number of morpholine rings is 1. The zero-order chi connectivity index (χ0) is 19.2. The number of methoxy groups -OCH3 is 1. The number of aromatic nitrogens is 1. The molecule has 1 aliphatic rings. The first-order valence-corrected chi connectivity index (χ1v) is 8.62. The molecule has 2 heterocycles. The van der Waals surface area contributed by atoms with Gasteiger partial charge >= 0.3 is 0 Å². The molecule has 144 valence electrons. The molecule has 0 bridgehead atoms. The molecule has 0 radical (unpaired) electrons. The quantitative estimate of drug-likeness (QED) is 0.835. The van der Waals surface area contributed by atoms with Gasteiger partial charge in [-0.2, -0.15) is 4.39 Å². The van der Waals surface area contributed by atoms with E-state index in [0.29, 0.717) is 26.3 Å². The van der Waals surface area contributed by atoms with Crippen LogP contribution in [0, 0.1) is 11.6 Å². The van der Waals surface area contributed by atoms with Crippen LogP contribution in [0.5, 0.6) is 5.75 Å². The number of carbonyl (C=O) groups excluding carboxylic acids is 1. The predicted octanol–water partition coefficient (Wildman–Crippen LogP) is 2.06. The summed E-state index contributed by atoms with van der Waals surface area (Å²) < 4.78 is 38.1. The van der Waals surface area contributed by atoms with Crippen molar-refractivity contribution in [3.05, 3.63) is 59.4 Å². The zero-order valence-corrected chi connectivity index (χ0v) is 15.0. The first kappa shape index (κ1) is 19.2. The van der Waals surface area contributed by atoms with Crippen LogP contribution >= 0.6 is 0 Å². The second kappa shape index (κ2) is 8.88. The SMILES string of the molecule is COc1ccc(CNC(=O)[C@H](c2cccnc2)N2CCOCC2)c(F)c1F. The predicted molar refractivity (Wildman–Crippen MR) is 94.1 cm³/mol. The first-order chi connectivity index (χ1) is 13.1. The highest BCUT2D eigenvalue weighted by Gasteiger charge is 2.29. The third kappa shape index (κ3) is 4.40. The van der Waals surface area contributed by atoms with Crippen LogP contribution in [0.15, 0.2) is 36.7 Å². The van der Waals surface area contributed by atoms with Crippen molar-refractivity contribution in [1.29, 1.82) is 0 Å². The Morgan fingerprint density at radius 3 is 2.74 bits per heavy atom. The van der Waals surface area contributed by atoms with Gasteiger partial charge in [-0.15, -0.1) is 0 Å². The molecule has 2 aromatic rings. The summed E-state index contributed by atoms with van der Waals surface area (Å²) in [6, 6.07) is 5.73. The van der Waals surface area contributed by atoms with Crippen LogP contribution in [0.25, 0.3) is 0 Å². The lowest BCUT2D eigenvalue weighted by atomic mass is 10.1. The smallest absolute Gasteiger partial charge is 0.242 e. The van der Waals surface area contributed by atoms with Crippen molar-refractivity contribution in [2.75, 3.05) is 33.4 Å². The van der Waals surface area contributed by atoms with Gasteiger partial charge in [-0.25, -0.2) is 4.39 Å². The maximum Gasteiger partial charge on any atom is 0.242 e. The average molecular weight is 377 g/mol. The van der Waals surface area contributed by atoms with E-state index in [2.05, 4.69) is 10.3 Å². The van der Waals surface area contributed by atoms with Crippen molar-refractivity contribution in [1.82, 2.24) is 15.2 Å². The standard InChI is InChI=1S/C19H21F2N3O3/c1-26-15-5-4-13(16(20)17(15)21)12-23-19(25)18(14-3-2-6-22-11-14)24-7-9-27-10-8-24/h2-6,11,18H,7-10,12H2,1H3,(H,23,25)/t18-/m0/s1. The van der Waals surface area contributed by atoms with Gasteiger partial charge in [-0.05, 0) is 17.7 Å². The molecule has 1 saturated heterocycles. The Hall–Kier alpha value is -2.58. The van der Waals surface area contributed by atoms with Gasteiger partial charge < -0.3 is 14.8 Å². The minimum atomic E-state index is -1.07. The molecule has 0 spiro atoms. The molecule has 1 aromatic carbocycles. The van der Waals surface area contributed by atoms with E-state index in [1.165, 1.54) is 19.2 Å². The summed E-state index contributed by atoms with van der Waals surface area (Å²) in [5, 5.41) is 2.70. The van der Waals surface area contributed by atoms with Gasteiger partial charge in [0.15, 0.2) is 11.6 Å². The zero-order valence-electron chi connectivity index (χ0n) is 15.0. The topological polar surface area (TPSA) is 63.7 Å². The minimum Gasteiger partial charge on any atom is -0.494 e. The number of ether oxygens (including phenoxy) is 2. The Morgan fingerprint density at radius 1 is 1.30 bits per heavy atom. The molecule has 27 heavy (non-hydrogen) atoms. The number of halogens is 2. The summed E-state index contributed by atoms with van der Waals surface area (Å²) in [6.45, 7) is 2.12. The number of hydrogen-bond donors (Lipinski definition) is 1. The van der Waals surface area contributed by atoms with Crippen LogP contribution in [-0.4, -0.2) is 49.2 Å². The molecule has 1 aliphatic heterocycles. The van der Waals surface area contributed by atoms with Crippen LogP contribution in [0.1, 0.15) is 17.2 Å². The van der Waals surface area contributed by atoms with E-state index in [9.17, 15) is 13.6 Å². The fourth-order valence-electron chi connectivity index (χ4n) is 3.05. The van der Waals surface area contributed by atoms with Gasteiger partial charge in [-0.1, -0.05) is 12.1 Å². The Kier molecular flexibility index (Phi) is 6.31. The van der Waals surface area contributed by atoms with Crippen LogP contribution in [-0.2, 0) is 16.1 Å². The monoisotopic (exact) mass is 377 g/mol. The molecule has 1 fully saturated rings. The summed E-state index contributed by atoms with van der Waals surface area (Å²) >= 11 is 0. The van der Waals surface area contributed by atoms with Crippen LogP contribution in [0.2, 0.25) is 0 Å². The molecule has 1 N–H and O–H groups in total. The summed E-state index contributed by atoms with van der Waals surface area (Å²) in [4.78, 5) is 18.9. The highest BCUT2D eigenvalue weighted by molar-refractivity contribution is 5.83. The maximum atomic E-state index is 14.1. The average Bonchev–Trinajstić information content (AvgIpc) is 2.71. The van der Waals surface area contributed by atoms with Crippen molar-refractivity contribution >= 4 is 5.91 Å². The Labute approximate surface area is 156 Å². The van der Waals surface area contributed by atoms with E-state index in [1.54, 1.807) is 18.5 Å².